The van der Waals surface area contributed by atoms with Crippen LogP contribution in [-0.2, 0) is 13.1 Å². The van der Waals surface area contributed by atoms with E-state index in [1.807, 2.05) is 44.2 Å². The molecule has 0 radical (unpaired) electrons. The van der Waals surface area contributed by atoms with Crippen molar-refractivity contribution >= 4 is 16.9 Å². The predicted molar refractivity (Wildman–Crippen MR) is 120 cm³/mol. The first kappa shape index (κ1) is 21.0. The molecule has 1 fully saturated rings. The second kappa shape index (κ2) is 8.88. The number of amides is 1. The Bertz CT molecular complexity index is 1210. The summed E-state index contributed by atoms with van der Waals surface area (Å²) in [6.45, 7) is 5.45. The maximum Gasteiger partial charge on any atom is 0.329 e. The molecule has 1 N–H and O–H groups in total. The van der Waals surface area contributed by atoms with E-state index in [0.717, 1.165) is 36.9 Å². The van der Waals surface area contributed by atoms with Gasteiger partial charge in [0.2, 0.25) is 0 Å². The monoisotopic (exact) mass is 420 g/mol. The molecule has 31 heavy (non-hydrogen) atoms. The fourth-order valence-corrected chi connectivity index (χ4v) is 3.98. The first-order chi connectivity index (χ1) is 15.0. The van der Waals surface area contributed by atoms with E-state index in [9.17, 15) is 14.4 Å². The Morgan fingerprint density at radius 1 is 1.16 bits per heavy atom. The summed E-state index contributed by atoms with van der Waals surface area (Å²) in [5.41, 5.74) is 1.44. The fraction of sp³-hybridized carbons (Fsp3) is 0.417. The van der Waals surface area contributed by atoms with Crippen molar-refractivity contribution in [2.24, 2.45) is 0 Å². The van der Waals surface area contributed by atoms with E-state index in [2.05, 4.69) is 9.97 Å². The molecular formula is C24H28N4O3. The minimum atomic E-state index is -0.554. The zero-order valence-electron chi connectivity index (χ0n) is 18.1. The van der Waals surface area contributed by atoms with Gasteiger partial charge in [-0.3, -0.25) is 19.1 Å². The number of benzene rings is 1. The zero-order chi connectivity index (χ0) is 22.0. The number of rotatable bonds is 8. The number of aryl methyl sites for hydroxylation is 1. The van der Waals surface area contributed by atoms with Crippen molar-refractivity contribution in [1.82, 2.24) is 19.4 Å². The standard InChI is InChI=1S/C24H28N4O3/c1-3-12-27(15-16-8-6-5-7-9-16)23(30)18-14-19(17-10-11-17)25-21-20(18)22(29)26-24(31)28(21)13-4-2/h5-9,14,17H,3-4,10-13,15H2,1-2H3,(H,26,29,31). The van der Waals surface area contributed by atoms with E-state index in [1.54, 1.807) is 11.0 Å². The molecule has 0 bridgehead atoms. The molecule has 1 aliphatic carbocycles. The molecule has 3 aromatic rings. The van der Waals surface area contributed by atoms with Gasteiger partial charge >= 0.3 is 5.69 Å². The first-order valence-electron chi connectivity index (χ1n) is 11.0. The lowest BCUT2D eigenvalue weighted by molar-refractivity contribution is 0.0745. The summed E-state index contributed by atoms with van der Waals surface area (Å²) in [5, 5.41) is 0.205. The molecule has 0 atom stereocenters. The van der Waals surface area contributed by atoms with Crippen LogP contribution in [0.2, 0.25) is 0 Å². The number of carbonyl (C=O) groups is 1. The van der Waals surface area contributed by atoms with Crippen LogP contribution in [0.5, 0.6) is 0 Å². The van der Waals surface area contributed by atoms with Crippen molar-refractivity contribution < 1.29 is 4.79 Å². The highest BCUT2D eigenvalue weighted by atomic mass is 16.2. The molecule has 4 rings (SSSR count). The first-order valence-corrected chi connectivity index (χ1v) is 11.0. The number of aromatic amines is 1. The van der Waals surface area contributed by atoms with Crippen molar-refractivity contribution in [3.63, 3.8) is 0 Å². The molecule has 1 amide bonds. The van der Waals surface area contributed by atoms with Crippen LogP contribution in [0, 0.1) is 0 Å². The van der Waals surface area contributed by atoms with Gasteiger partial charge in [0.25, 0.3) is 11.5 Å². The predicted octanol–water partition coefficient (Wildman–Crippen LogP) is 3.42. The van der Waals surface area contributed by atoms with Gasteiger partial charge in [0.15, 0.2) is 5.65 Å². The summed E-state index contributed by atoms with van der Waals surface area (Å²) in [6.07, 6.45) is 3.54. The summed E-state index contributed by atoms with van der Waals surface area (Å²) in [6, 6.07) is 11.6. The SMILES string of the molecule is CCCN(Cc1ccccc1)C(=O)c1cc(C2CC2)nc2c1c(=O)[nH]c(=O)n2CCC. The van der Waals surface area contributed by atoms with E-state index in [4.69, 9.17) is 0 Å². The van der Waals surface area contributed by atoms with Crippen molar-refractivity contribution in [2.75, 3.05) is 6.54 Å². The average Bonchev–Trinajstić information content (AvgIpc) is 3.61. The number of fused-ring (bicyclic) bond motifs is 1. The molecule has 2 heterocycles. The molecule has 2 aromatic heterocycles. The van der Waals surface area contributed by atoms with Crippen molar-refractivity contribution in [1.29, 1.82) is 0 Å². The Labute approximate surface area is 180 Å². The quantitative estimate of drug-likeness (QED) is 0.605. The second-order valence-electron chi connectivity index (χ2n) is 8.19. The number of nitrogens with zero attached hydrogens (tertiary/aromatic N) is 3. The summed E-state index contributed by atoms with van der Waals surface area (Å²) < 4.78 is 1.49. The molecule has 7 heteroatoms. The van der Waals surface area contributed by atoms with Crippen LogP contribution in [0.25, 0.3) is 11.0 Å². The van der Waals surface area contributed by atoms with Crippen LogP contribution < -0.4 is 11.2 Å². The molecule has 0 spiro atoms. The summed E-state index contributed by atoms with van der Waals surface area (Å²) in [7, 11) is 0. The summed E-state index contributed by atoms with van der Waals surface area (Å²) in [5.74, 6) is 0.0846. The van der Waals surface area contributed by atoms with Crippen LogP contribution in [-0.4, -0.2) is 31.9 Å². The van der Waals surface area contributed by atoms with Gasteiger partial charge in [0.05, 0.1) is 10.9 Å². The molecule has 7 nitrogen and oxygen atoms in total. The number of H-pyrrole nitrogens is 1. The number of aromatic nitrogens is 3. The number of nitrogens with one attached hydrogen (secondary N) is 1. The van der Waals surface area contributed by atoms with Crippen LogP contribution in [0.3, 0.4) is 0 Å². The third-order valence-electron chi connectivity index (χ3n) is 5.64. The smallest absolute Gasteiger partial charge is 0.329 e. The minimum absolute atomic E-state index is 0.202. The van der Waals surface area contributed by atoms with E-state index in [0.29, 0.717) is 30.8 Å². The van der Waals surface area contributed by atoms with Gasteiger partial charge in [-0.25, -0.2) is 9.78 Å². The lowest BCUT2D eigenvalue weighted by Gasteiger charge is -2.23. The van der Waals surface area contributed by atoms with Crippen LogP contribution in [0.1, 0.15) is 67.1 Å². The third kappa shape index (κ3) is 4.31. The van der Waals surface area contributed by atoms with Crippen LogP contribution in [0.4, 0.5) is 0 Å². The highest BCUT2D eigenvalue weighted by molar-refractivity contribution is 6.05. The lowest BCUT2D eigenvalue weighted by Crippen LogP contribution is -2.35. The second-order valence-corrected chi connectivity index (χ2v) is 8.19. The molecule has 0 aliphatic heterocycles. The molecule has 0 saturated heterocycles. The maximum atomic E-state index is 13.7. The molecular weight excluding hydrogens is 392 g/mol. The van der Waals surface area contributed by atoms with Crippen LogP contribution in [0.15, 0.2) is 46.0 Å². The molecule has 1 aliphatic rings. The van der Waals surface area contributed by atoms with Gasteiger partial charge in [-0.2, -0.15) is 0 Å². The maximum absolute atomic E-state index is 13.7. The largest absolute Gasteiger partial charge is 0.334 e. The Hall–Kier alpha value is -3.22. The lowest BCUT2D eigenvalue weighted by atomic mass is 10.1. The molecule has 1 aromatic carbocycles. The molecule has 0 unspecified atom stereocenters. The fourth-order valence-electron chi connectivity index (χ4n) is 3.98. The van der Waals surface area contributed by atoms with E-state index >= 15 is 0 Å². The van der Waals surface area contributed by atoms with E-state index in [-0.39, 0.29) is 17.2 Å². The highest BCUT2D eigenvalue weighted by Gasteiger charge is 2.30. The summed E-state index contributed by atoms with van der Waals surface area (Å²) in [4.78, 5) is 47.9. The van der Waals surface area contributed by atoms with Gasteiger partial charge in [0, 0.05) is 31.2 Å². The molecule has 162 valence electrons. The average molecular weight is 421 g/mol. The number of hydrogen-bond donors (Lipinski definition) is 1. The van der Waals surface area contributed by atoms with Gasteiger partial charge in [-0.05, 0) is 37.3 Å². The van der Waals surface area contributed by atoms with Gasteiger partial charge in [0.1, 0.15) is 0 Å². The minimum Gasteiger partial charge on any atom is -0.334 e. The number of carbonyl (C=O) groups excluding carboxylic acids is 1. The van der Waals surface area contributed by atoms with E-state index < -0.39 is 11.2 Å². The van der Waals surface area contributed by atoms with Gasteiger partial charge in [-0.1, -0.05) is 44.2 Å². The van der Waals surface area contributed by atoms with Crippen molar-refractivity contribution in [3.8, 4) is 0 Å². The zero-order valence-corrected chi connectivity index (χ0v) is 18.1. The van der Waals surface area contributed by atoms with Crippen molar-refractivity contribution in [3.05, 3.63) is 74.1 Å². The Kier molecular flexibility index (Phi) is 6.02. The number of pyridine rings is 1. The molecule has 1 saturated carbocycles. The van der Waals surface area contributed by atoms with Gasteiger partial charge in [-0.15, -0.1) is 0 Å². The van der Waals surface area contributed by atoms with Crippen molar-refractivity contribution in [2.45, 2.75) is 58.5 Å². The van der Waals surface area contributed by atoms with Gasteiger partial charge < -0.3 is 4.90 Å². The Balaban J connectivity index is 1.88. The number of hydrogen-bond acceptors (Lipinski definition) is 4. The Morgan fingerprint density at radius 3 is 2.55 bits per heavy atom. The third-order valence-corrected chi connectivity index (χ3v) is 5.64. The van der Waals surface area contributed by atoms with E-state index in [1.165, 1.54) is 4.57 Å². The normalized spacial score (nSPS) is 13.5. The summed E-state index contributed by atoms with van der Waals surface area (Å²) >= 11 is 0. The highest BCUT2D eigenvalue weighted by Crippen LogP contribution is 2.40. The van der Waals surface area contributed by atoms with Crippen LogP contribution >= 0.6 is 0 Å². The Morgan fingerprint density at radius 2 is 1.90 bits per heavy atom. The topological polar surface area (TPSA) is 88.1 Å².